The van der Waals surface area contributed by atoms with Crippen molar-refractivity contribution in [2.75, 3.05) is 0 Å². The molecule has 2 rings (SSSR count). The molecule has 0 saturated carbocycles. The van der Waals surface area contributed by atoms with Gasteiger partial charge >= 0.3 is 0 Å². The van der Waals surface area contributed by atoms with Crippen LogP contribution in [0, 0.1) is 0 Å². The molecule has 1 unspecified atom stereocenters. The van der Waals surface area contributed by atoms with Crippen LogP contribution in [-0.4, -0.2) is 10.2 Å². The second-order valence-electron chi connectivity index (χ2n) is 3.93. The molecule has 0 spiro atoms. The highest BCUT2D eigenvalue weighted by molar-refractivity contribution is 7.09. The Morgan fingerprint density at radius 3 is 2.76 bits per heavy atom. The van der Waals surface area contributed by atoms with E-state index in [0.29, 0.717) is 0 Å². The second-order valence-corrected chi connectivity index (χ2v) is 4.96. The third kappa shape index (κ3) is 2.99. The largest absolute Gasteiger partial charge is 0.508 e. The van der Waals surface area contributed by atoms with E-state index in [-0.39, 0.29) is 17.5 Å². The summed E-state index contributed by atoms with van der Waals surface area (Å²) in [5.74, 6) is 0.202. The summed E-state index contributed by atoms with van der Waals surface area (Å²) in [6.45, 7) is 2.76. The minimum atomic E-state index is 0.0395. The lowest BCUT2D eigenvalue weighted by Crippen LogP contribution is -2.17. The predicted molar refractivity (Wildman–Crippen MR) is 69.3 cm³/mol. The molecule has 4 heteroatoms. The molecule has 0 radical (unpaired) electrons. The van der Waals surface area contributed by atoms with Gasteiger partial charge in [-0.3, -0.25) is 0 Å². The van der Waals surface area contributed by atoms with Gasteiger partial charge in [-0.2, -0.15) is 0 Å². The Balaban J connectivity index is 2.01. The summed E-state index contributed by atoms with van der Waals surface area (Å²) in [6, 6.07) is 8.80. The quantitative estimate of drug-likeness (QED) is 0.780. The zero-order chi connectivity index (χ0) is 12.3. The van der Waals surface area contributed by atoms with E-state index < -0.39 is 0 Å². The van der Waals surface area contributed by atoms with E-state index in [1.54, 1.807) is 23.5 Å². The van der Waals surface area contributed by atoms with E-state index in [0.717, 1.165) is 12.1 Å². The SMILES string of the molecule is CC(NCc1cccs1)c1ccc(O)cc1O. The number of aromatic hydroxyl groups is 2. The molecule has 0 saturated heterocycles. The molecule has 0 amide bonds. The van der Waals surface area contributed by atoms with Gasteiger partial charge in [0.1, 0.15) is 11.5 Å². The van der Waals surface area contributed by atoms with Crippen LogP contribution in [0.1, 0.15) is 23.4 Å². The number of hydrogen-bond acceptors (Lipinski definition) is 4. The maximum atomic E-state index is 9.72. The Labute approximate surface area is 104 Å². The molecule has 0 aliphatic heterocycles. The molecule has 3 N–H and O–H groups in total. The van der Waals surface area contributed by atoms with E-state index in [9.17, 15) is 10.2 Å². The number of rotatable bonds is 4. The summed E-state index contributed by atoms with van der Waals surface area (Å²) in [4.78, 5) is 1.26. The highest BCUT2D eigenvalue weighted by atomic mass is 32.1. The standard InChI is InChI=1S/C13H15NO2S/c1-9(14-8-11-3-2-6-17-11)12-5-4-10(15)7-13(12)16/h2-7,9,14-16H,8H2,1H3. The fourth-order valence-electron chi connectivity index (χ4n) is 1.68. The van der Waals surface area contributed by atoms with Crippen molar-refractivity contribution in [2.45, 2.75) is 19.5 Å². The Kier molecular flexibility index (Phi) is 3.66. The zero-order valence-electron chi connectivity index (χ0n) is 9.55. The van der Waals surface area contributed by atoms with Gasteiger partial charge in [0.05, 0.1) is 0 Å². The lowest BCUT2D eigenvalue weighted by atomic mass is 10.1. The van der Waals surface area contributed by atoms with Crippen molar-refractivity contribution < 1.29 is 10.2 Å². The number of hydrogen-bond donors (Lipinski definition) is 3. The number of nitrogens with one attached hydrogen (secondary N) is 1. The molecule has 0 fully saturated rings. The van der Waals surface area contributed by atoms with Crippen molar-refractivity contribution in [2.24, 2.45) is 0 Å². The Morgan fingerprint density at radius 1 is 1.29 bits per heavy atom. The molecule has 0 bridgehead atoms. The van der Waals surface area contributed by atoms with Gasteiger partial charge in [-0.15, -0.1) is 11.3 Å². The summed E-state index contributed by atoms with van der Waals surface area (Å²) in [7, 11) is 0. The molecule has 1 heterocycles. The maximum absolute atomic E-state index is 9.72. The van der Waals surface area contributed by atoms with Gasteiger partial charge < -0.3 is 15.5 Å². The molecule has 17 heavy (non-hydrogen) atoms. The third-order valence-corrected chi connectivity index (χ3v) is 3.52. The van der Waals surface area contributed by atoms with Gasteiger partial charge in [-0.1, -0.05) is 12.1 Å². The third-order valence-electron chi connectivity index (χ3n) is 2.64. The normalized spacial score (nSPS) is 12.5. The van der Waals surface area contributed by atoms with Crippen LogP contribution in [0.5, 0.6) is 11.5 Å². The molecule has 1 aromatic carbocycles. The molecule has 3 nitrogen and oxygen atoms in total. The van der Waals surface area contributed by atoms with Gasteiger partial charge in [0, 0.05) is 29.1 Å². The molecular weight excluding hydrogens is 234 g/mol. The molecular formula is C13H15NO2S. The molecule has 1 aromatic heterocycles. The van der Waals surface area contributed by atoms with Crippen molar-refractivity contribution in [3.8, 4) is 11.5 Å². The number of phenolic OH excluding ortho intramolecular Hbond substituents is 2. The summed E-state index contributed by atoms with van der Waals surface area (Å²) >= 11 is 1.70. The summed E-state index contributed by atoms with van der Waals surface area (Å²) in [5.41, 5.74) is 0.791. The Morgan fingerprint density at radius 2 is 2.12 bits per heavy atom. The van der Waals surface area contributed by atoms with Crippen molar-refractivity contribution >= 4 is 11.3 Å². The van der Waals surface area contributed by atoms with Crippen LogP contribution in [0.25, 0.3) is 0 Å². The fraction of sp³-hybridized carbons (Fsp3) is 0.231. The van der Waals surface area contributed by atoms with Crippen LogP contribution < -0.4 is 5.32 Å². The second kappa shape index (κ2) is 5.21. The molecule has 0 aliphatic rings. The van der Waals surface area contributed by atoms with Crippen LogP contribution in [0.15, 0.2) is 35.7 Å². The average Bonchev–Trinajstić information content (AvgIpc) is 2.78. The van der Waals surface area contributed by atoms with Crippen molar-refractivity contribution in [1.29, 1.82) is 0 Å². The van der Waals surface area contributed by atoms with Gasteiger partial charge in [0.15, 0.2) is 0 Å². The van der Waals surface area contributed by atoms with Gasteiger partial charge in [-0.25, -0.2) is 0 Å². The first-order chi connectivity index (χ1) is 8.16. The van der Waals surface area contributed by atoms with Crippen molar-refractivity contribution in [1.82, 2.24) is 5.32 Å². The van der Waals surface area contributed by atoms with Crippen molar-refractivity contribution in [3.05, 3.63) is 46.2 Å². The van der Waals surface area contributed by atoms with Crippen molar-refractivity contribution in [3.63, 3.8) is 0 Å². The highest BCUT2D eigenvalue weighted by Crippen LogP contribution is 2.27. The monoisotopic (exact) mass is 249 g/mol. The zero-order valence-corrected chi connectivity index (χ0v) is 10.4. The van der Waals surface area contributed by atoms with Gasteiger partial charge in [0.25, 0.3) is 0 Å². The molecule has 1 atom stereocenters. The topological polar surface area (TPSA) is 52.5 Å². The van der Waals surface area contributed by atoms with E-state index >= 15 is 0 Å². The lowest BCUT2D eigenvalue weighted by Gasteiger charge is -2.15. The fourth-order valence-corrected chi connectivity index (χ4v) is 2.33. The smallest absolute Gasteiger partial charge is 0.124 e. The first kappa shape index (κ1) is 12.0. The van der Waals surface area contributed by atoms with Crippen LogP contribution in [0.4, 0.5) is 0 Å². The predicted octanol–water partition coefficient (Wildman–Crippen LogP) is 3.01. The van der Waals surface area contributed by atoms with E-state index in [1.807, 2.05) is 18.4 Å². The maximum Gasteiger partial charge on any atom is 0.124 e. The minimum absolute atomic E-state index is 0.0395. The summed E-state index contributed by atoms with van der Waals surface area (Å²) in [5, 5.41) is 24.3. The van der Waals surface area contributed by atoms with Gasteiger partial charge in [-0.05, 0) is 24.4 Å². The number of phenols is 2. The van der Waals surface area contributed by atoms with E-state index in [4.69, 9.17) is 0 Å². The minimum Gasteiger partial charge on any atom is -0.508 e. The number of thiophene rings is 1. The molecule has 2 aromatic rings. The molecule has 0 aliphatic carbocycles. The Hall–Kier alpha value is -1.52. The van der Waals surface area contributed by atoms with Crippen LogP contribution in [0.2, 0.25) is 0 Å². The van der Waals surface area contributed by atoms with E-state index in [1.165, 1.54) is 10.9 Å². The highest BCUT2D eigenvalue weighted by Gasteiger charge is 2.10. The number of benzene rings is 1. The van der Waals surface area contributed by atoms with E-state index in [2.05, 4.69) is 11.4 Å². The first-order valence-corrected chi connectivity index (χ1v) is 6.32. The summed E-state index contributed by atoms with van der Waals surface area (Å²) in [6.07, 6.45) is 0. The van der Waals surface area contributed by atoms with Gasteiger partial charge in [0.2, 0.25) is 0 Å². The Bertz CT molecular complexity index is 482. The first-order valence-electron chi connectivity index (χ1n) is 5.44. The van der Waals surface area contributed by atoms with Crippen LogP contribution in [-0.2, 0) is 6.54 Å². The molecule has 90 valence electrons. The van der Waals surface area contributed by atoms with Crippen LogP contribution in [0.3, 0.4) is 0 Å². The van der Waals surface area contributed by atoms with Crippen LogP contribution >= 0.6 is 11.3 Å². The average molecular weight is 249 g/mol. The summed E-state index contributed by atoms with van der Waals surface area (Å²) < 4.78 is 0. The lowest BCUT2D eigenvalue weighted by molar-refractivity contribution is 0.436.